The molecular formula is C16H19ClN2O2S. The molecule has 3 rings (SSSR count). The molecule has 0 aromatic heterocycles. The van der Waals surface area contributed by atoms with E-state index >= 15 is 0 Å². The summed E-state index contributed by atoms with van der Waals surface area (Å²) in [6, 6.07) is 5.72. The molecule has 2 amide bonds. The first kappa shape index (κ1) is 15.7. The minimum Gasteiger partial charge on any atom is -0.340 e. The number of anilines is 1. The van der Waals surface area contributed by atoms with Crippen LogP contribution < -0.4 is 5.32 Å². The van der Waals surface area contributed by atoms with E-state index in [0.717, 1.165) is 30.0 Å². The van der Waals surface area contributed by atoms with E-state index in [2.05, 4.69) is 12.2 Å². The molecule has 1 saturated heterocycles. The summed E-state index contributed by atoms with van der Waals surface area (Å²) in [5, 5.41) is 3.08. The monoisotopic (exact) mass is 338 g/mol. The second-order valence-electron chi connectivity index (χ2n) is 5.87. The topological polar surface area (TPSA) is 49.4 Å². The lowest BCUT2D eigenvalue weighted by Gasteiger charge is -2.34. The molecule has 0 aliphatic carbocycles. The van der Waals surface area contributed by atoms with Gasteiger partial charge in [-0.05, 0) is 44.4 Å². The number of halogens is 1. The first-order valence-electron chi connectivity index (χ1n) is 7.61. The van der Waals surface area contributed by atoms with Crippen LogP contribution >= 0.6 is 23.4 Å². The highest BCUT2D eigenvalue weighted by atomic mass is 35.5. The van der Waals surface area contributed by atoms with Crippen molar-refractivity contribution in [2.45, 2.75) is 48.8 Å². The van der Waals surface area contributed by atoms with Gasteiger partial charge in [-0.15, -0.1) is 11.8 Å². The number of thioether (sulfide) groups is 1. The van der Waals surface area contributed by atoms with E-state index in [1.165, 1.54) is 18.2 Å². The normalized spacial score (nSPS) is 24.6. The molecule has 6 heteroatoms. The van der Waals surface area contributed by atoms with Gasteiger partial charge in [-0.25, -0.2) is 0 Å². The van der Waals surface area contributed by atoms with E-state index in [1.54, 1.807) is 12.1 Å². The van der Waals surface area contributed by atoms with Gasteiger partial charge in [-0.3, -0.25) is 9.59 Å². The lowest BCUT2D eigenvalue weighted by atomic mass is 10.0. The summed E-state index contributed by atoms with van der Waals surface area (Å²) in [6.07, 6.45) is 3.54. The summed E-state index contributed by atoms with van der Waals surface area (Å²) < 4.78 is 0. The summed E-state index contributed by atoms with van der Waals surface area (Å²) in [4.78, 5) is 27.6. The van der Waals surface area contributed by atoms with Gasteiger partial charge in [0.15, 0.2) is 0 Å². The van der Waals surface area contributed by atoms with Crippen LogP contribution in [-0.4, -0.2) is 34.6 Å². The Kier molecular flexibility index (Phi) is 4.64. The third kappa shape index (κ3) is 3.25. The minimum absolute atomic E-state index is 0.0808. The van der Waals surface area contributed by atoms with Gasteiger partial charge in [0, 0.05) is 28.9 Å². The van der Waals surface area contributed by atoms with Crippen LogP contribution in [0.1, 0.15) is 32.6 Å². The molecule has 2 heterocycles. The zero-order valence-corrected chi connectivity index (χ0v) is 14.0. The van der Waals surface area contributed by atoms with Crippen molar-refractivity contribution in [2.75, 3.05) is 11.9 Å². The van der Waals surface area contributed by atoms with Crippen molar-refractivity contribution >= 4 is 40.9 Å². The number of hydrogen-bond acceptors (Lipinski definition) is 3. The second kappa shape index (κ2) is 6.50. The van der Waals surface area contributed by atoms with Crippen molar-refractivity contribution in [3.8, 4) is 0 Å². The predicted molar refractivity (Wildman–Crippen MR) is 89.4 cm³/mol. The van der Waals surface area contributed by atoms with E-state index in [1.807, 2.05) is 11.0 Å². The number of fused-ring (bicyclic) bond motifs is 1. The molecule has 118 valence electrons. The number of carbonyl (C=O) groups is 2. The molecule has 2 aliphatic heterocycles. The van der Waals surface area contributed by atoms with E-state index in [9.17, 15) is 9.59 Å². The fourth-order valence-electron chi connectivity index (χ4n) is 3.00. The van der Waals surface area contributed by atoms with Gasteiger partial charge in [0.25, 0.3) is 0 Å². The average Bonchev–Trinajstić information content (AvgIpc) is 2.48. The zero-order valence-electron chi connectivity index (χ0n) is 12.5. The van der Waals surface area contributed by atoms with E-state index in [0.29, 0.717) is 5.02 Å². The van der Waals surface area contributed by atoms with Gasteiger partial charge in [-0.2, -0.15) is 0 Å². The van der Waals surface area contributed by atoms with Gasteiger partial charge in [0.2, 0.25) is 11.8 Å². The smallest absolute Gasteiger partial charge is 0.238 e. The molecule has 2 atom stereocenters. The molecule has 22 heavy (non-hydrogen) atoms. The molecule has 1 aromatic rings. The number of rotatable bonds is 2. The lowest BCUT2D eigenvalue weighted by molar-refractivity contribution is -0.135. The van der Waals surface area contributed by atoms with Crippen LogP contribution in [0.4, 0.5) is 5.69 Å². The summed E-state index contributed by atoms with van der Waals surface area (Å²) >= 11 is 7.39. The van der Waals surface area contributed by atoms with E-state index in [4.69, 9.17) is 11.6 Å². The Morgan fingerprint density at radius 3 is 3.05 bits per heavy atom. The van der Waals surface area contributed by atoms with Gasteiger partial charge in [-0.1, -0.05) is 11.6 Å². The standard InChI is InChI=1S/C16H19ClN2O2S/c1-10-4-2-3-7-19(10)15(20)9-14-16(21)18-12-8-11(17)5-6-13(12)22-14/h5-6,8,10,14H,2-4,7,9H2,1H3,(H,18,21). The first-order valence-corrected chi connectivity index (χ1v) is 8.87. The van der Waals surface area contributed by atoms with Crippen molar-refractivity contribution < 1.29 is 9.59 Å². The number of nitrogens with one attached hydrogen (secondary N) is 1. The Bertz CT molecular complexity index is 608. The van der Waals surface area contributed by atoms with Crippen LogP contribution in [0.25, 0.3) is 0 Å². The van der Waals surface area contributed by atoms with Crippen LogP contribution in [0.5, 0.6) is 0 Å². The minimum atomic E-state index is -0.365. The number of piperidine rings is 1. The van der Waals surface area contributed by atoms with Gasteiger partial charge in [0.1, 0.15) is 0 Å². The van der Waals surface area contributed by atoms with Gasteiger partial charge in [0.05, 0.1) is 10.9 Å². The number of nitrogens with zero attached hydrogens (tertiary/aromatic N) is 1. The SMILES string of the molecule is CC1CCCCN1C(=O)CC1Sc2ccc(Cl)cc2NC1=O. The number of hydrogen-bond donors (Lipinski definition) is 1. The summed E-state index contributed by atoms with van der Waals surface area (Å²) in [5.41, 5.74) is 0.734. The quantitative estimate of drug-likeness (QED) is 0.897. The Hall–Kier alpha value is -1.20. The van der Waals surface area contributed by atoms with Crippen LogP contribution in [0.15, 0.2) is 23.1 Å². The third-order valence-corrected chi connectivity index (χ3v) is 5.75. The fraction of sp³-hybridized carbons (Fsp3) is 0.500. The van der Waals surface area contributed by atoms with Crippen LogP contribution in [-0.2, 0) is 9.59 Å². The number of carbonyl (C=O) groups excluding carboxylic acids is 2. The predicted octanol–water partition coefficient (Wildman–Crippen LogP) is 3.54. The Balaban J connectivity index is 1.69. The van der Waals surface area contributed by atoms with Crippen molar-refractivity contribution in [3.05, 3.63) is 23.2 Å². The summed E-state index contributed by atoms with van der Waals surface area (Å²) in [7, 11) is 0. The maximum atomic E-state index is 12.5. The molecular weight excluding hydrogens is 320 g/mol. The van der Waals surface area contributed by atoms with E-state index < -0.39 is 0 Å². The highest BCUT2D eigenvalue weighted by Gasteiger charge is 2.32. The number of likely N-dealkylation sites (tertiary alicyclic amines) is 1. The molecule has 1 aromatic carbocycles. The average molecular weight is 339 g/mol. The van der Waals surface area contributed by atoms with Crippen LogP contribution in [0, 0.1) is 0 Å². The largest absolute Gasteiger partial charge is 0.340 e. The third-order valence-electron chi connectivity index (χ3n) is 4.24. The molecule has 0 saturated carbocycles. The van der Waals surface area contributed by atoms with Crippen molar-refractivity contribution in [3.63, 3.8) is 0 Å². The molecule has 1 N–H and O–H groups in total. The molecule has 0 bridgehead atoms. The number of amides is 2. The summed E-state index contributed by atoms with van der Waals surface area (Å²) in [6.45, 7) is 2.90. The summed E-state index contributed by atoms with van der Waals surface area (Å²) in [5.74, 6) is -0.0324. The Morgan fingerprint density at radius 1 is 1.45 bits per heavy atom. The maximum absolute atomic E-state index is 12.5. The lowest BCUT2D eigenvalue weighted by Crippen LogP contribution is -2.44. The van der Waals surface area contributed by atoms with Crippen molar-refractivity contribution in [2.24, 2.45) is 0 Å². The zero-order chi connectivity index (χ0) is 15.7. The molecule has 4 nitrogen and oxygen atoms in total. The maximum Gasteiger partial charge on any atom is 0.238 e. The molecule has 2 aliphatic rings. The molecule has 0 radical (unpaired) electrons. The van der Waals surface area contributed by atoms with Crippen LogP contribution in [0.3, 0.4) is 0 Å². The second-order valence-corrected chi connectivity index (χ2v) is 7.55. The first-order chi connectivity index (χ1) is 10.5. The Morgan fingerprint density at radius 2 is 2.27 bits per heavy atom. The molecule has 1 fully saturated rings. The molecule has 2 unspecified atom stereocenters. The highest BCUT2D eigenvalue weighted by molar-refractivity contribution is 8.01. The molecule has 0 spiro atoms. The number of benzene rings is 1. The van der Waals surface area contributed by atoms with Gasteiger partial charge >= 0.3 is 0 Å². The van der Waals surface area contributed by atoms with E-state index in [-0.39, 0.29) is 29.5 Å². The fourth-order valence-corrected chi connectivity index (χ4v) is 4.26. The van der Waals surface area contributed by atoms with Crippen molar-refractivity contribution in [1.82, 2.24) is 4.90 Å². The Labute approximate surface area is 139 Å². The van der Waals surface area contributed by atoms with Gasteiger partial charge < -0.3 is 10.2 Å². The highest BCUT2D eigenvalue weighted by Crippen LogP contribution is 2.38. The van der Waals surface area contributed by atoms with Crippen molar-refractivity contribution in [1.29, 1.82) is 0 Å². The van der Waals surface area contributed by atoms with Crippen LogP contribution in [0.2, 0.25) is 5.02 Å².